The van der Waals surface area contributed by atoms with Gasteiger partial charge in [-0.15, -0.1) is 0 Å². The molecule has 20 heavy (non-hydrogen) atoms. The molecule has 0 radical (unpaired) electrons. The van der Waals surface area contributed by atoms with Gasteiger partial charge in [-0.3, -0.25) is 4.79 Å². The third kappa shape index (κ3) is 4.47. The Bertz CT molecular complexity index is 451. The van der Waals surface area contributed by atoms with Gasteiger partial charge in [0.05, 0.1) is 0 Å². The van der Waals surface area contributed by atoms with E-state index in [9.17, 15) is 4.79 Å². The Morgan fingerprint density at radius 2 is 2.00 bits per heavy atom. The van der Waals surface area contributed by atoms with E-state index in [4.69, 9.17) is 5.11 Å². The highest BCUT2D eigenvalue weighted by Gasteiger charge is 2.20. The quantitative estimate of drug-likeness (QED) is 0.770. The second kappa shape index (κ2) is 7.82. The first kappa shape index (κ1) is 14.8. The lowest BCUT2D eigenvalue weighted by Crippen LogP contribution is -2.29. The van der Waals surface area contributed by atoms with Crippen LogP contribution in [0.4, 0.5) is 0 Å². The summed E-state index contributed by atoms with van der Waals surface area (Å²) in [6.45, 7) is 2.99. The maximum atomic E-state index is 10.1. The molecule has 1 aromatic carbocycles. The lowest BCUT2D eigenvalue weighted by atomic mass is 10.0. The Morgan fingerprint density at radius 1 is 1.20 bits per heavy atom. The largest absolute Gasteiger partial charge is 0.480 e. The Labute approximate surface area is 119 Å². The second-order valence-corrected chi connectivity index (χ2v) is 5.04. The van der Waals surface area contributed by atoms with Gasteiger partial charge >= 0.3 is 5.97 Å². The van der Waals surface area contributed by atoms with Gasteiger partial charge in [0.2, 0.25) is 0 Å². The highest BCUT2D eigenvalue weighted by Crippen LogP contribution is 2.18. The fourth-order valence-corrected chi connectivity index (χ4v) is 2.43. The third-order valence-corrected chi connectivity index (χ3v) is 3.57. The molecule has 2 aliphatic rings. The van der Waals surface area contributed by atoms with E-state index >= 15 is 0 Å². The van der Waals surface area contributed by atoms with Crippen LogP contribution in [0.5, 0.6) is 0 Å². The standard InChI is InChI=1S/C11H13N.C5H9NO2/c1-2-4-10(5-3-1)11-6-8-12-9-7-11;7-5(8)4-2-1-3-6-4/h1-6,12H,7-9H2;4,6H,1-3H2,(H,7,8)/t;4-/m.0/s1. The van der Waals surface area contributed by atoms with Crippen molar-refractivity contribution in [3.63, 3.8) is 0 Å². The van der Waals surface area contributed by atoms with E-state index in [1.807, 2.05) is 0 Å². The summed E-state index contributed by atoms with van der Waals surface area (Å²) in [4.78, 5) is 10.1. The average molecular weight is 274 g/mol. The molecule has 108 valence electrons. The van der Waals surface area contributed by atoms with Gasteiger partial charge in [0.15, 0.2) is 0 Å². The van der Waals surface area contributed by atoms with Crippen LogP contribution in [0.2, 0.25) is 0 Å². The zero-order valence-electron chi connectivity index (χ0n) is 11.6. The Kier molecular flexibility index (Phi) is 5.77. The fraction of sp³-hybridized carbons (Fsp3) is 0.438. The molecular formula is C16H22N2O2. The van der Waals surface area contributed by atoms with Crippen LogP contribution >= 0.6 is 0 Å². The molecule has 0 spiro atoms. The van der Waals surface area contributed by atoms with Crippen molar-refractivity contribution in [2.75, 3.05) is 19.6 Å². The second-order valence-electron chi connectivity index (χ2n) is 5.04. The van der Waals surface area contributed by atoms with Crippen LogP contribution < -0.4 is 10.6 Å². The van der Waals surface area contributed by atoms with Crippen molar-refractivity contribution >= 4 is 11.5 Å². The third-order valence-electron chi connectivity index (χ3n) is 3.57. The Morgan fingerprint density at radius 3 is 2.50 bits per heavy atom. The minimum Gasteiger partial charge on any atom is -0.480 e. The molecule has 1 fully saturated rings. The SMILES string of the molecule is C1=C(c2ccccc2)CCNC1.O=C(O)[C@@H]1CCCN1. The van der Waals surface area contributed by atoms with Crippen LogP contribution in [-0.4, -0.2) is 36.8 Å². The molecule has 0 aromatic heterocycles. The van der Waals surface area contributed by atoms with Gasteiger partial charge in [-0.1, -0.05) is 36.4 Å². The minimum absolute atomic E-state index is 0.269. The summed E-state index contributed by atoms with van der Waals surface area (Å²) in [7, 11) is 0. The number of hydrogen-bond donors (Lipinski definition) is 3. The number of benzene rings is 1. The van der Waals surface area contributed by atoms with Gasteiger partial charge in [-0.25, -0.2) is 0 Å². The molecule has 2 heterocycles. The lowest BCUT2D eigenvalue weighted by molar-refractivity contribution is -0.139. The Hall–Kier alpha value is -1.65. The van der Waals surface area contributed by atoms with E-state index in [-0.39, 0.29) is 6.04 Å². The summed E-state index contributed by atoms with van der Waals surface area (Å²) in [5.74, 6) is -0.720. The average Bonchev–Trinajstić information content (AvgIpc) is 3.04. The lowest BCUT2D eigenvalue weighted by Gasteiger charge is -2.13. The normalized spacial score (nSPS) is 21.6. The zero-order chi connectivity index (χ0) is 14.2. The van der Waals surface area contributed by atoms with Crippen LogP contribution in [-0.2, 0) is 4.79 Å². The van der Waals surface area contributed by atoms with E-state index in [1.54, 1.807) is 0 Å². The van der Waals surface area contributed by atoms with Gasteiger partial charge in [0.1, 0.15) is 6.04 Å². The van der Waals surface area contributed by atoms with Gasteiger partial charge < -0.3 is 15.7 Å². The molecule has 2 aliphatic heterocycles. The Balaban J connectivity index is 0.000000160. The fourth-order valence-electron chi connectivity index (χ4n) is 2.43. The molecule has 0 saturated carbocycles. The monoisotopic (exact) mass is 274 g/mol. The number of rotatable bonds is 2. The predicted molar refractivity (Wildman–Crippen MR) is 80.6 cm³/mol. The molecule has 3 N–H and O–H groups in total. The summed E-state index contributed by atoms with van der Waals surface area (Å²) in [5, 5.41) is 14.5. The topological polar surface area (TPSA) is 61.4 Å². The molecule has 0 bridgehead atoms. The van der Waals surface area contributed by atoms with Crippen molar-refractivity contribution in [2.45, 2.75) is 25.3 Å². The molecule has 1 atom stereocenters. The summed E-state index contributed by atoms with van der Waals surface area (Å²) in [5.41, 5.74) is 2.85. The van der Waals surface area contributed by atoms with Crippen molar-refractivity contribution in [1.29, 1.82) is 0 Å². The molecule has 3 rings (SSSR count). The summed E-state index contributed by atoms with van der Waals surface area (Å²) < 4.78 is 0. The number of carbonyl (C=O) groups is 1. The first-order valence-electron chi connectivity index (χ1n) is 7.19. The maximum absolute atomic E-state index is 10.1. The predicted octanol–water partition coefficient (Wildman–Crippen LogP) is 1.89. The van der Waals surface area contributed by atoms with Gasteiger partial charge in [0, 0.05) is 6.54 Å². The summed E-state index contributed by atoms with van der Waals surface area (Å²) in [6.07, 6.45) is 5.22. The van der Waals surface area contributed by atoms with E-state index in [2.05, 4.69) is 47.0 Å². The van der Waals surface area contributed by atoms with Crippen molar-refractivity contribution < 1.29 is 9.90 Å². The maximum Gasteiger partial charge on any atom is 0.320 e. The minimum atomic E-state index is -0.720. The van der Waals surface area contributed by atoms with Gasteiger partial charge in [-0.05, 0) is 43.5 Å². The number of nitrogens with one attached hydrogen (secondary N) is 2. The number of hydrogen-bond acceptors (Lipinski definition) is 3. The van der Waals surface area contributed by atoms with Crippen molar-refractivity contribution in [2.24, 2.45) is 0 Å². The first-order valence-corrected chi connectivity index (χ1v) is 7.19. The molecule has 4 heteroatoms. The van der Waals surface area contributed by atoms with Crippen LogP contribution in [0.25, 0.3) is 5.57 Å². The van der Waals surface area contributed by atoms with Gasteiger partial charge in [-0.2, -0.15) is 0 Å². The molecule has 0 amide bonds. The van der Waals surface area contributed by atoms with Gasteiger partial charge in [0.25, 0.3) is 0 Å². The zero-order valence-corrected chi connectivity index (χ0v) is 11.6. The van der Waals surface area contributed by atoms with Crippen LogP contribution in [0, 0.1) is 0 Å². The van der Waals surface area contributed by atoms with E-state index in [0.717, 1.165) is 38.9 Å². The summed E-state index contributed by atoms with van der Waals surface area (Å²) in [6, 6.07) is 10.3. The number of carboxylic acids is 1. The first-order chi connectivity index (χ1) is 9.77. The molecule has 1 aromatic rings. The van der Waals surface area contributed by atoms with Crippen LogP contribution in [0.3, 0.4) is 0 Å². The molecule has 4 nitrogen and oxygen atoms in total. The molecule has 1 saturated heterocycles. The van der Waals surface area contributed by atoms with Crippen LogP contribution in [0.1, 0.15) is 24.8 Å². The number of carboxylic acid groups (broad SMARTS) is 1. The number of aliphatic carboxylic acids is 1. The summed E-state index contributed by atoms with van der Waals surface area (Å²) >= 11 is 0. The van der Waals surface area contributed by atoms with Crippen LogP contribution in [0.15, 0.2) is 36.4 Å². The van der Waals surface area contributed by atoms with Crippen molar-refractivity contribution in [3.05, 3.63) is 42.0 Å². The van der Waals surface area contributed by atoms with Crippen molar-refractivity contribution in [1.82, 2.24) is 10.6 Å². The van der Waals surface area contributed by atoms with E-state index in [0.29, 0.717) is 0 Å². The molecular weight excluding hydrogens is 252 g/mol. The van der Waals surface area contributed by atoms with E-state index in [1.165, 1.54) is 11.1 Å². The highest BCUT2D eigenvalue weighted by atomic mass is 16.4. The molecule has 0 aliphatic carbocycles. The highest BCUT2D eigenvalue weighted by molar-refractivity contribution is 5.73. The van der Waals surface area contributed by atoms with E-state index < -0.39 is 5.97 Å². The smallest absolute Gasteiger partial charge is 0.320 e. The molecule has 0 unspecified atom stereocenters. The van der Waals surface area contributed by atoms with Crippen molar-refractivity contribution in [3.8, 4) is 0 Å².